The Morgan fingerprint density at radius 1 is 0.964 bits per heavy atom. The molecule has 1 aliphatic rings. The van der Waals surface area contributed by atoms with Crippen LogP contribution in [0.2, 0.25) is 0 Å². The molecule has 0 bridgehead atoms. The normalized spacial score (nSPS) is 22.1. The molecule has 1 fully saturated rings. The van der Waals surface area contributed by atoms with Gasteiger partial charge >= 0.3 is 0 Å². The second kappa shape index (κ2) is 11.1. The van der Waals surface area contributed by atoms with Gasteiger partial charge in [0.15, 0.2) is 0 Å². The molecule has 0 aliphatic carbocycles. The largest absolute Gasteiger partial charge is 0.396 e. The second-order valence-corrected chi connectivity index (χ2v) is 7.27. The first-order valence-corrected chi connectivity index (χ1v) is 9.95. The number of rotatable bonds is 10. The fourth-order valence-electron chi connectivity index (χ4n) is 3.45. The average molecular weight is 383 g/mol. The fourth-order valence-corrected chi connectivity index (χ4v) is 3.45. The Labute approximate surface area is 167 Å². The summed E-state index contributed by atoms with van der Waals surface area (Å²) in [6.07, 6.45) is 2.05. The summed E-state index contributed by atoms with van der Waals surface area (Å²) in [5.41, 5.74) is 3.23. The Bertz CT molecular complexity index is 701. The van der Waals surface area contributed by atoms with Crippen molar-refractivity contribution >= 4 is 0 Å². The van der Waals surface area contributed by atoms with Crippen molar-refractivity contribution in [3.05, 3.63) is 83.9 Å². The van der Waals surface area contributed by atoms with Crippen LogP contribution in [-0.4, -0.2) is 36.6 Å². The number of benzene rings is 2. The van der Waals surface area contributed by atoms with Crippen LogP contribution in [0.4, 0.5) is 0 Å². The Morgan fingerprint density at radius 3 is 2.25 bits per heavy atom. The van der Waals surface area contributed by atoms with E-state index in [1.54, 1.807) is 0 Å². The molecule has 2 aromatic rings. The molecule has 3 unspecified atom stereocenters. The van der Waals surface area contributed by atoms with Crippen molar-refractivity contribution in [2.45, 2.75) is 50.8 Å². The summed E-state index contributed by atoms with van der Waals surface area (Å²) in [6.45, 7) is 5.86. The minimum Gasteiger partial charge on any atom is -0.396 e. The predicted octanol–water partition coefficient (Wildman–Crippen LogP) is 4.27. The number of aliphatic hydroxyl groups excluding tert-OH is 1. The number of aliphatic hydroxyl groups is 1. The van der Waals surface area contributed by atoms with Gasteiger partial charge in [0.05, 0.1) is 38.1 Å². The quantitative estimate of drug-likeness (QED) is 0.623. The van der Waals surface area contributed by atoms with Crippen LogP contribution >= 0.6 is 0 Å². The number of ether oxygens (including phenoxy) is 3. The molecule has 0 aromatic heterocycles. The molecule has 1 heterocycles. The van der Waals surface area contributed by atoms with E-state index in [4.69, 9.17) is 14.2 Å². The van der Waals surface area contributed by atoms with Gasteiger partial charge in [-0.05, 0) is 23.1 Å². The summed E-state index contributed by atoms with van der Waals surface area (Å²) in [6, 6.07) is 20.3. The van der Waals surface area contributed by atoms with Crippen molar-refractivity contribution in [3.63, 3.8) is 0 Å². The Morgan fingerprint density at radius 2 is 1.61 bits per heavy atom. The first-order chi connectivity index (χ1) is 13.7. The molecule has 4 heteroatoms. The van der Waals surface area contributed by atoms with Gasteiger partial charge in [0, 0.05) is 19.4 Å². The highest BCUT2D eigenvalue weighted by Gasteiger charge is 2.31. The molecule has 2 aromatic carbocycles. The standard InChI is InChI=1S/C24H30O4/c1-19(12-13-25)24-15-22(27-17-21-10-6-3-7-11-21)14-23(28-24)18-26-16-20-8-4-2-5-9-20/h2-11,22-25H,1,12-18H2. The lowest BCUT2D eigenvalue weighted by atomic mass is 9.95. The molecular formula is C24H30O4. The fraction of sp³-hybridized carbons (Fsp3) is 0.417. The molecule has 3 rings (SSSR count). The molecule has 28 heavy (non-hydrogen) atoms. The Kier molecular flexibility index (Phi) is 8.24. The Balaban J connectivity index is 1.54. The van der Waals surface area contributed by atoms with Crippen LogP contribution in [0, 0.1) is 0 Å². The van der Waals surface area contributed by atoms with Crippen LogP contribution in [0.3, 0.4) is 0 Å². The highest BCUT2D eigenvalue weighted by atomic mass is 16.5. The highest BCUT2D eigenvalue weighted by molar-refractivity contribution is 5.14. The highest BCUT2D eigenvalue weighted by Crippen LogP contribution is 2.28. The molecule has 1 saturated heterocycles. The summed E-state index contributed by atoms with van der Waals surface area (Å²) in [5, 5.41) is 9.25. The minimum atomic E-state index is -0.105. The molecule has 0 radical (unpaired) electrons. The van der Waals surface area contributed by atoms with Gasteiger partial charge in [0.1, 0.15) is 0 Å². The first-order valence-electron chi connectivity index (χ1n) is 9.95. The van der Waals surface area contributed by atoms with Crippen LogP contribution in [0.1, 0.15) is 30.4 Å². The van der Waals surface area contributed by atoms with Gasteiger partial charge in [-0.15, -0.1) is 0 Å². The van der Waals surface area contributed by atoms with E-state index >= 15 is 0 Å². The first kappa shape index (κ1) is 20.7. The summed E-state index contributed by atoms with van der Waals surface area (Å²) >= 11 is 0. The Hall–Kier alpha value is -1.98. The summed E-state index contributed by atoms with van der Waals surface area (Å²) in [5.74, 6) is 0. The van der Waals surface area contributed by atoms with Crippen molar-refractivity contribution in [3.8, 4) is 0 Å². The zero-order chi connectivity index (χ0) is 19.6. The van der Waals surface area contributed by atoms with E-state index in [9.17, 15) is 5.11 Å². The van der Waals surface area contributed by atoms with Gasteiger partial charge in [-0.2, -0.15) is 0 Å². The van der Waals surface area contributed by atoms with Crippen molar-refractivity contribution in [1.29, 1.82) is 0 Å². The van der Waals surface area contributed by atoms with Crippen LogP contribution in [0.25, 0.3) is 0 Å². The van der Waals surface area contributed by atoms with E-state index < -0.39 is 0 Å². The lowest BCUT2D eigenvalue weighted by Gasteiger charge is -2.36. The zero-order valence-electron chi connectivity index (χ0n) is 16.3. The van der Waals surface area contributed by atoms with Crippen molar-refractivity contribution in [2.24, 2.45) is 0 Å². The van der Waals surface area contributed by atoms with Gasteiger partial charge in [-0.3, -0.25) is 0 Å². The molecule has 3 atom stereocenters. The molecule has 150 valence electrons. The number of hydrogen-bond acceptors (Lipinski definition) is 4. The van der Waals surface area contributed by atoms with Gasteiger partial charge in [-0.25, -0.2) is 0 Å². The lowest BCUT2D eigenvalue weighted by Crippen LogP contribution is -2.40. The van der Waals surface area contributed by atoms with Crippen LogP contribution < -0.4 is 0 Å². The van der Waals surface area contributed by atoms with E-state index in [0.717, 1.165) is 29.5 Å². The van der Waals surface area contributed by atoms with Crippen molar-refractivity contribution in [1.82, 2.24) is 0 Å². The van der Waals surface area contributed by atoms with Crippen LogP contribution in [-0.2, 0) is 27.4 Å². The maximum Gasteiger partial charge on any atom is 0.0841 e. The van der Waals surface area contributed by atoms with Crippen molar-refractivity contribution in [2.75, 3.05) is 13.2 Å². The lowest BCUT2D eigenvalue weighted by molar-refractivity contribution is -0.130. The van der Waals surface area contributed by atoms with Gasteiger partial charge in [0.2, 0.25) is 0 Å². The van der Waals surface area contributed by atoms with Gasteiger partial charge < -0.3 is 19.3 Å². The summed E-state index contributed by atoms with van der Waals surface area (Å²) in [4.78, 5) is 0. The minimum absolute atomic E-state index is 0.0429. The third-order valence-electron chi connectivity index (χ3n) is 4.99. The zero-order valence-corrected chi connectivity index (χ0v) is 16.3. The van der Waals surface area contributed by atoms with E-state index in [0.29, 0.717) is 26.2 Å². The molecule has 1 aliphatic heterocycles. The maximum absolute atomic E-state index is 9.25. The van der Waals surface area contributed by atoms with Crippen LogP contribution in [0.5, 0.6) is 0 Å². The predicted molar refractivity (Wildman–Crippen MR) is 110 cm³/mol. The molecule has 0 saturated carbocycles. The SMILES string of the molecule is C=C(CCO)C1CC(OCc2ccccc2)CC(COCc2ccccc2)O1. The third-order valence-corrected chi connectivity index (χ3v) is 4.99. The van der Waals surface area contributed by atoms with E-state index in [1.807, 2.05) is 36.4 Å². The monoisotopic (exact) mass is 382 g/mol. The third kappa shape index (κ3) is 6.57. The summed E-state index contributed by atoms with van der Waals surface area (Å²) < 4.78 is 18.3. The van der Waals surface area contributed by atoms with Crippen molar-refractivity contribution < 1.29 is 19.3 Å². The van der Waals surface area contributed by atoms with E-state index in [-0.39, 0.29) is 24.9 Å². The summed E-state index contributed by atoms with van der Waals surface area (Å²) in [7, 11) is 0. The van der Waals surface area contributed by atoms with Gasteiger partial charge in [-0.1, -0.05) is 67.2 Å². The maximum atomic E-state index is 9.25. The second-order valence-electron chi connectivity index (χ2n) is 7.27. The molecular weight excluding hydrogens is 352 g/mol. The van der Waals surface area contributed by atoms with Gasteiger partial charge in [0.25, 0.3) is 0 Å². The topological polar surface area (TPSA) is 47.9 Å². The molecule has 4 nitrogen and oxygen atoms in total. The molecule has 0 amide bonds. The number of hydrogen-bond donors (Lipinski definition) is 1. The average Bonchev–Trinajstić information content (AvgIpc) is 2.74. The van der Waals surface area contributed by atoms with E-state index in [1.165, 1.54) is 0 Å². The molecule has 1 N–H and O–H groups in total. The van der Waals surface area contributed by atoms with Crippen LogP contribution in [0.15, 0.2) is 72.8 Å². The molecule has 0 spiro atoms. The smallest absolute Gasteiger partial charge is 0.0841 e. The van der Waals surface area contributed by atoms with E-state index in [2.05, 4.69) is 30.8 Å².